The van der Waals surface area contributed by atoms with Crippen LogP contribution >= 0.6 is 0 Å². The molecule has 0 radical (unpaired) electrons. The third-order valence-electron chi connectivity index (χ3n) is 7.17. The molecule has 1 saturated heterocycles. The second-order valence-corrected chi connectivity index (χ2v) is 9.64. The van der Waals surface area contributed by atoms with Crippen molar-refractivity contribution in [3.05, 3.63) is 66.7 Å². The molecule has 9 heteroatoms. The van der Waals surface area contributed by atoms with Crippen molar-refractivity contribution in [2.45, 2.75) is 13.0 Å². The molecule has 0 amide bonds. The Bertz CT molecular complexity index is 1650. The van der Waals surface area contributed by atoms with Crippen molar-refractivity contribution in [3.8, 4) is 17.2 Å². The number of hydrogen-bond acceptors (Lipinski definition) is 8. The Morgan fingerprint density at radius 3 is 2.92 bits per heavy atom. The molecule has 1 fully saturated rings. The van der Waals surface area contributed by atoms with Crippen molar-refractivity contribution in [3.63, 3.8) is 0 Å². The van der Waals surface area contributed by atoms with Crippen molar-refractivity contribution in [2.24, 2.45) is 7.05 Å². The first-order valence-corrected chi connectivity index (χ1v) is 12.5. The van der Waals surface area contributed by atoms with E-state index >= 15 is 0 Å². The number of ether oxygens (including phenoxy) is 2. The van der Waals surface area contributed by atoms with Gasteiger partial charge in [-0.25, -0.2) is 15.0 Å². The normalized spacial score (nSPS) is 16.8. The second-order valence-electron chi connectivity index (χ2n) is 9.64. The van der Waals surface area contributed by atoms with Gasteiger partial charge in [-0.1, -0.05) is 0 Å². The van der Waals surface area contributed by atoms with E-state index in [-0.39, 0.29) is 0 Å². The summed E-state index contributed by atoms with van der Waals surface area (Å²) in [5, 5.41) is 7.91. The first-order valence-electron chi connectivity index (χ1n) is 12.5. The van der Waals surface area contributed by atoms with Crippen LogP contribution in [0.2, 0.25) is 0 Å². The van der Waals surface area contributed by atoms with Crippen molar-refractivity contribution >= 4 is 39.1 Å². The Labute approximate surface area is 214 Å². The molecule has 3 aromatic carbocycles. The predicted octanol–water partition coefficient (Wildman–Crippen LogP) is 4.53. The molecular weight excluding hydrogens is 466 g/mol. The number of aromatic nitrogens is 4. The van der Waals surface area contributed by atoms with Crippen LogP contribution in [-0.4, -0.2) is 51.8 Å². The number of nitrogens with one attached hydrogen (secondary N) is 2. The lowest BCUT2D eigenvalue weighted by Gasteiger charge is -2.42. The highest BCUT2D eigenvalue weighted by molar-refractivity contribution is 5.95. The van der Waals surface area contributed by atoms with Gasteiger partial charge in [-0.05, 0) is 48.9 Å². The molecule has 0 bridgehead atoms. The minimum Gasteiger partial charge on any atom is -0.489 e. The number of nitrogens with zero attached hydrogens (tertiary/aromatic N) is 5. The van der Waals surface area contributed by atoms with Crippen LogP contribution in [0.3, 0.4) is 0 Å². The van der Waals surface area contributed by atoms with Crippen LogP contribution in [0.4, 0.5) is 17.2 Å². The molecule has 0 saturated carbocycles. The van der Waals surface area contributed by atoms with E-state index in [0.29, 0.717) is 12.6 Å². The van der Waals surface area contributed by atoms with Crippen LogP contribution in [0, 0.1) is 6.92 Å². The van der Waals surface area contributed by atoms with Crippen LogP contribution in [0.25, 0.3) is 21.9 Å². The van der Waals surface area contributed by atoms with Crippen LogP contribution < -0.4 is 25.0 Å². The molecule has 37 heavy (non-hydrogen) atoms. The van der Waals surface area contributed by atoms with E-state index in [9.17, 15) is 0 Å². The molecule has 2 aliphatic heterocycles. The highest BCUT2D eigenvalue weighted by atomic mass is 16.5. The minimum atomic E-state index is 0.341. The summed E-state index contributed by atoms with van der Waals surface area (Å²) >= 11 is 0. The van der Waals surface area contributed by atoms with Crippen molar-refractivity contribution in [1.29, 1.82) is 0 Å². The predicted molar refractivity (Wildman–Crippen MR) is 144 cm³/mol. The maximum Gasteiger partial charge on any atom is 0.144 e. The molecule has 2 N–H and O–H groups in total. The fourth-order valence-electron chi connectivity index (χ4n) is 5.21. The highest BCUT2D eigenvalue weighted by Gasteiger charge is 2.30. The fourth-order valence-corrected chi connectivity index (χ4v) is 5.21. The van der Waals surface area contributed by atoms with E-state index in [4.69, 9.17) is 9.47 Å². The third kappa shape index (κ3) is 3.88. The first kappa shape index (κ1) is 21.9. The van der Waals surface area contributed by atoms with Crippen LogP contribution in [0.15, 0.2) is 61.2 Å². The Hall–Kier alpha value is -4.37. The maximum absolute atomic E-state index is 6.19. The molecule has 0 aliphatic carbocycles. The number of rotatable bonds is 4. The Morgan fingerprint density at radius 2 is 2.00 bits per heavy atom. The molecule has 9 nitrogen and oxygen atoms in total. The third-order valence-corrected chi connectivity index (χ3v) is 7.17. The maximum atomic E-state index is 6.19. The zero-order chi connectivity index (χ0) is 24.9. The van der Waals surface area contributed by atoms with Crippen LogP contribution in [-0.2, 0) is 7.05 Å². The lowest BCUT2D eigenvalue weighted by molar-refractivity contribution is 0.247. The second kappa shape index (κ2) is 8.63. The van der Waals surface area contributed by atoms with Gasteiger partial charge in [-0.3, -0.25) is 0 Å². The molecule has 0 unspecified atom stereocenters. The molecule has 1 atom stereocenters. The molecule has 186 valence electrons. The standard InChI is InChI=1S/C28H27N7O2/c1-17-9-18(3-6-26(17)37-20-4-5-24-23(10-20)32-16-34(24)2)33-28-21-11-25-27(12-22(21)30-15-31-28)36-14-19-13-29-7-8-35(19)25/h3-6,9-12,15-16,19,29H,7-8,13-14H2,1-2H3,(H,30,31,33)/t19-/m1/s1. The molecule has 5 aromatic rings. The molecule has 0 spiro atoms. The number of benzene rings is 3. The summed E-state index contributed by atoms with van der Waals surface area (Å²) in [6.45, 7) is 5.57. The first-order chi connectivity index (χ1) is 18.1. The monoisotopic (exact) mass is 493 g/mol. The van der Waals surface area contributed by atoms with Gasteiger partial charge in [-0.15, -0.1) is 0 Å². The summed E-state index contributed by atoms with van der Waals surface area (Å²) in [5.74, 6) is 3.20. The molecule has 4 heterocycles. The van der Waals surface area contributed by atoms with Crippen LogP contribution in [0.5, 0.6) is 17.2 Å². The van der Waals surface area contributed by atoms with E-state index in [2.05, 4.69) is 42.6 Å². The van der Waals surface area contributed by atoms with Gasteiger partial charge >= 0.3 is 0 Å². The van der Waals surface area contributed by atoms with Gasteiger partial charge in [0.05, 0.1) is 34.6 Å². The van der Waals surface area contributed by atoms with Crippen molar-refractivity contribution in [2.75, 3.05) is 36.5 Å². The van der Waals surface area contributed by atoms with Crippen molar-refractivity contribution in [1.82, 2.24) is 24.8 Å². The zero-order valence-corrected chi connectivity index (χ0v) is 20.7. The minimum absolute atomic E-state index is 0.341. The summed E-state index contributed by atoms with van der Waals surface area (Å²) in [6, 6.07) is 16.5. The van der Waals surface area contributed by atoms with Gasteiger partial charge in [0.2, 0.25) is 0 Å². The number of aryl methyl sites for hydroxylation is 2. The van der Waals surface area contributed by atoms with E-state index in [1.54, 1.807) is 6.33 Å². The Balaban J connectivity index is 1.17. The highest BCUT2D eigenvalue weighted by Crippen LogP contribution is 2.39. The number of anilines is 3. The van der Waals surface area contributed by atoms with Crippen molar-refractivity contribution < 1.29 is 9.47 Å². The average Bonchev–Trinajstić information content (AvgIpc) is 3.29. The SMILES string of the molecule is Cc1cc(Nc2ncnc3cc4c(cc23)N2CCNC[C@@H]2CO4)ccc1Oc1ccc2c(c1)ncn2C. The van der Waals surface area contributed by atoms with Gasteiger partial charge in [0.15, 0.2) is 0 Å². The largest absolute Gasteiger partial charge is 0.489 e. The topological polar surface area (TPSA) is 89.4 Å². The van der Waals surface area contributed by atoms with Gasteiger partial charge < -0.3 is 29.6 Å². The summed E-state index contributed by atoms with van der Waals surface area (Å²) in [7, 11) is 1.98. The number of imidazole rings is 1. The summed E-state index contributed by atoms with van der Waals surface area (Å²) in [6.07, 6.45) is 3.40. The summed E-state index contributed by atoms with van der Waals surface area (Å²) in [4.78, 5) is 15.9. The van der Waals surface area contributed by atoms with E-state index in [1.807, 2.05) is 61.3 Å². The summed E-state index contributed by atoms with van der Waals surface area (Å²) < 4.78 is 14.3. The number of fused-ring (bicyclic) bond motifs is 5. The van der Waals surface area contributed by atoms with E-state index in [1.165, 1.54) is 0 Å². The Kier molecular flexibility index (Phi) is 5.10. The van der Waals surface area contributed by atoms with Gasteiger partial charge in [0, 0.05) is 49.9 Å². The quantitative estimate of drug-likeness (QED) is 0.378. The smallest absolute Gasteiger partial charge is 0.144 e. The van der Waals surface area contributed by atoms with E-state index in [0.717, 1.165) is 81.6 Å². The molecule has 2 aromatic heterocycles. The lowest BCUT2D eigenvalue weighted by atomic mass is 10.1. The fraction of sp³-hybridized carbons (Fsp3) is 0.250. The number of piperazine rings is 1. The van der Waals surface area contributed by atoms with Gasteiger partial charge in [-0.2, -0.15) is 0 Å². The summed E-state index contributed by atoms with van der Waals surface area (Å²) in [5.41, 5.74) is 5.88. The van der Waals surface area contributed by atoms with Gasteiger partial charge in [0.1, 0.15) is 36.0 Å². The number of hydrogen-bond donors (Lipinski definition) is 2. The van der Waals surface area contributed by atoms with Crippen LogP contribution in [0.1, 0.15) is 5.56 Å². The average molecular weight is 494 g/mol. The lowest BCUT2D eigenvalue weighted by Crippen LogP contribution is -2.55. The Morgan fingerprint density at radius 1 is 1.05 bits per heavy atom. The zero-order valence-electron chi connectivity index (χ0n) is 20.7. The van der Waals surface area contributed by atoms with E-state index < -0.39 is 0 Å². The molecule has 2 aliphatic rings. The molecule has 7 rings (SSSR count). The molecular formula is C28H27N7O2. The van der Waals surface area contributed by atoms with Gasteiger partial charge in [0.25, 0.3) is 0 Å².